The Labute approximate surface area is 102 Å². The van der Waals surface area contributed by atoms with Crippen molar-refractivity contribution < 1.29 is 17.7 Å². The lowest BCUT2D eigenvalue weighted by Gasteiger charge is -2.07. The van der Waals surface area contributed by atoms with Gasteiger partial charge in [-0.3, -0.25) is 0 Å². The largest absolute Gasteiger partial charge is 0.460 e. The Morgan fingerprint density at radius 3 is 2.56 bits per heavy atom. The summed E-state index contributed by atoms with van der Waals surface area (Å²) in [5.74, 6) is -1.12. The first kappa shape index (κ1) is 12.6. The molecule has 0 radical (unpaired) electrons. The number of halogens is 3. The Bertz CT molecular complexity index is 621. The molecule has 2 heterocycles. The molecule has 6 nitrogen and oxygen atoms in total. The van der Waals surface area contributed by atoms with Gasteiger partial charge in [-0.2, -0.15) is 23.3 Å². The van der Waals surface area contributed by atoms with Crippen molar-refractivity contribution in [3.8, 4) is 11.5 Å². The van der Waals surface area contributed by atoms with E-state index in [2.05, 4.69) is 24.6 Å². The molecule has 0 unspecified atom stereocenters. The quantitative estimate of drug-likeness (QED) is 0.663. The maximum atomic E-state index is 12.6. The average Bonchev–Trinajstić information content (AvgIpc) is 2.74. The number of nitrogens with zero attached hydrogens (tertiary/aromatic N) is 3. The van der Waals surface area contributed by atoms with Crippen LogP contribution in [0.4, 0.5) is 13.2 Å². The molecule has 2 aromatic heterocycles. The van der Waals surface area contributed by atoms with Gasteiger partial charge in [0.05, 0.1) is 0 Å². The van der Waals surface area contributed by atoms with Gasteiger partial charge in [0, 0.05) is 0 Å². The summed E-state index contributed by atoms with van der Waals surface area (Å²) in [6, 6.07) is 0.688. The second-order valence-corrected chi connectivity index (χ2v) is 3.83. The van der Waals surface area contributed by atoms with E-state index in [1.807, 2.05) is 0 Å². The molecule has 0 aliphatic heterocycles. The van der Waals surface area contributed by atoms with Gasteiger partial charge in [-0.25, -0.2) is 14.8 Å². The zero-order chi connectivity index (χ0) is 13.3. The molecule has 0 saturated heterocycles. The summed E-state index contributed by atoms with van der Waals surface area (Å²) in [4.78, 5) is 21.2. The molecule has 0 aliphatic carbocycles. The van der Waals surface area contributed by atoms with Gasteiger partial charge in [0.25, 0.3) is 0 Å². The molecule has 1 N–H and O–H groups in total. The first-order chi connectivity index (χ1) is 8.40. The third-order valence-electron chi connectivity index (χ3n) is 1.86. The first-order valence-corrected chi connectivity index (χ1v) is 5.69. The molecule has 2 aromatic rings. The molecule has 0 saturated carbocycles. The van der Waals surface area contributed by atoms with Crippen molar-refractivity contribution in [2.75, 3.05) is 6.26 Å². The third-order valence-corrected chi connectivity index (χ3v) is 2.41. The van der Waals surface area contributed by atoms with E-state index in [1.165, 1.54) is 6.26 Å². The van der Waals surface area contributed by atoms with E-state index in [0.29, 0.717) is 6.07 Å². The zero-order valence-electron chi connectivity index (χ0n) is 8.78. The number of alkyl halides is 3. The molecule has 96 valence electrons. The number of aromatic nitrogens is 4. The van der Waals surface area contributed by atoms with Crippen LogP contribution in [-0.4, -0.2) is 26.4 Å². The fraction of sp³-hybridized carbons (Fsp3) is 0.250. The van der Waals surface area contributed by atoms with Gasteiger partial charge in [-0.05, 0) is 12.3 Å². The van der Waals surface area contributed by atoms with Crippen LogP contribution in [0.1, 0.15) is 5.69 Å². The number of aromatic amines is 1. The minimum absolute atomic E-state index is 0.0799. The first-order valence-electron chi connectivity index (χ1n) is 4.46. The van der Waals surface area contributed by atoms with Crippen molar-refractivity contribution in [3.05, 3.63) is 22.3 Å². The van der Waals surface area contributed by atoms with E-state index >= 15 is 0 Å². The maximum Gasteiger partial charge on any atom is 0.460 e. The number of hydrogen-bond acceptors (Lipinski definition) is 6. The molecule has 2 rings (SSSR count). The SMILES string of the molecule is CSc1nc(-c2nc(=O)o[nH]2)cc(C(F)(F)F)n1. The van der Waals surface area contributed by atoms with Crippen LogP contribution in [-0.2, 0) is 6.18 Å². The third kappa shape index (κ3) is 2.53. The second kappa shape index (κ2) is 4.44. The van der Waals surface area contributed by atoms with Crippen LogP contribution in [0.3, 0.4) is 0 Å². The van der Waals surface area contributed by atoms with Gasteiger partial charge in [-0.15, -0.1) is 0 Å². The van der Waals surface area contributed by atoms with E-state index in [-0.39, 0.29) is 16.7 Å². The lowest BCUT2D eigenvalue weighted by atomic mass is 10.3. The topological polar surface area (TPSA) is 84.7 Å². The van der Waals surface area contributed by atoms with E-state index in [1.54, 1.807) is 0 Å². The Hall–Kier alpha value is -1.84. The number of rotatable bonds is 2. The lowest BCUT2D eigenvalue weighted by Crippen LogP contribution is -2.10. The highest BCUT2D eigenvalue weighted by Gasteiger charge is 2.34. The Balaban J connectivity index is 2.57. The summed E-state index contributed by atoms with van der Waals surface area (Å²) >= 11 is 0.942. The van der Waals surface area contributed by atoms with Gasteiger partial charge < -0.3 is 4.52 Å². The van der Waals surface area contributed by atoms with Crippen molar-refractivity contribution in [3.63, 3.8) is 0 Å². The van der Waals surface area contributed by atoms with Crippen LogP contribution in [0.15, 0.2) is 20.5 Å². The van der Waals surface area contributed by atoms with Gasteiger partial charge in [-0.1, -0.05) is 11.8 Å². The molecule has 0 aliphatic rings. The number of H-pyrrole nitrogens is 1. The van der Waals surface area contributed by atoms with Gasteiger partial charge in [0.2, 0.25) is 0 Å². The lowest BCUT2D eigenvalue weighted by molar-refractivity contribution is -0.141. The summed E-state index contributed by atoms with van der Waals surface area (Å²) < 4.78 is 42.0. The Morgan fingerprint density at radius 1 is 1.33 bits per heavy atom. The number of hydrogen-bond donors (Lipinski definition) is 1. The van der Waals surface area contributed by atoms with Crippen LogP contribution in [0.2, 0.25) is 0 Å². The summed E-state index contributed by atoms with van der Waals surface area (Å²) in [7, 11) is 0. The summed E-state index contributed by atoms with van der Waals surface area (Å²) in [5.41, 5.74) is -1.27. The number of nitrogens with one attached hydrogen (secondary N) is 1. The minimum atomic E-state index is -4.60. The fourth-order valence-electron chi connectivity index (χ4n) is 1.12. The van der Waals surface area contributed by atoms with Crippen molar-refractivity contribution in [2.45, 2.75) is 11.3 Å². The summed E-state index contributed by atoms with van der Waals surface area (Å²) in [5, 5.41) is 2.01. The van der Waals surface area contributed by atoms with Crippen LogP contribution in [0, 0.1) is 0 Å². The molecule has 0 aromatic carbocycles. The Morgan fingerprint density at radius 2 is 2.06 bits per heavy atom. The molecule has 10 heteroatoms. The predicted molar refractivity (Wildman–Crippen MR) is 54.9 cm³/mol. The van der Waals surface area contributed by atoms with Crippen LogP contribution in [0.5, 0.6) is 0 Å². The highest BCUT2D eigenvalue weighted by molar-refractivity contribution is 7.98. The predicted octanol–water partition coefficient (Wildman–Crippen LogP) is 1.56. The minimum Gasteiger partial charge on any atom is -0.321 e. The summed E-state index contributed by atoms with van der Waals surface area (Å²) in [6.07, 6.45) is -3.07. The van der Waals surface area contributed by atoms with E-state index < -0.39 is 17.6 Å². The van der Waals surface area contributed by atoms with Gasteiger partial charge in [0.15, 0.2) is 11.0 Å². The summed E-state index contributed by atoms with van der Waals surface area (Å²) in [6.45, 7) is 0. The van der Waals surface area contributed by atoms with Crippen LogP contribution >= 0.6 is 11.8 Å². The van der Waals surface area contributed by atoms with E-state index in [9.17, 15) is 18.0 Å². The molecular weight excluding hydrogens is 273 g/mol. The van der Waals surface area contributed by atoms with Crippen LogP contribution < -0.4 is 5.76 Å². The smallest absolute Gasteiger partial charge is 0.321 e. The van der Waals surface area contributed by atoms with E-state index in [4.69, 9.17) is 0 Å². The second-order valence-electron chi connectivity index (χ2n) is 3.05. The van der Waals surface area contributed by atoms with E-state index in [0.717, 1.165) is 11.8 Å². The number of thioether (sulfide) groups is 1. The van der Waals surface area contributed by atoms with Gasteiger partial charge >= 0.3 is 11.9 Å². The highest BCUT2D eigenvalue weighted by Crippen LogP contribution is 2.30. The highest BCUT2D eigenvalue weighted by atomic mass is 32.2. The van der Waals surface area contributed by atoms with Crippen molar-refractivity contribution in [2.24, 2.45) is 0 Å². The molecule has 0 atom stereocenters. The Kier molecular flexibility index (Phi) is 3.11. The van der Waals surface area contributed by atoms with Crippen molar-refractivity contribution in [1.82, 2.24) is 20.1 Å². The fourth-order valence-corrected chi connectivity index (χ4v) is 1.50. The average molecular weight is 278 g/mol. The van der Waals surface area contributed by atoms with Gasteiger partial charge in [0.1, 0.15) is 11.4 Å². The van der Waals surface area contributed by atoms with Crippen molar-refractivity contribution >= 4 is 11.8 Å². The molecule has 0 amide bonds. The normalized spacial score (nSPS) is 11.8. The molecular formula is C8H5F3N4O2S. The molecule has 0 spiro atoms. The molecule has 0 fully saturated rings. The van der Waals surface area contributed by atoms with Crippen LogP contribution in [0.25, 0.3) is 11.5 Å². The standard InChI is InChI=1S/C8H5F3N4O2S/c1-18-6-12-3(5-14-7(16)17-15-5)2-4(13-6)8(9,10)11/h2H,1H3,(H,14,15,16). The molecule has 18 heavy (non-hydrogen) atoms. The zero-order valence-corrected chi connectivity index (χ0v) is 9.59. The monoisotopic (exact) mass is 278 g/mol. The molecule has 0 bridgehead atoms. The van der Waals surface area contributed by atoms with Crippen molar-refractivity contribution in [1.29, 1.82) is 0 Å². The maximum absolute atomic E-state index is 12.6.